The average Bonchev–Trinajstić information content (AvgIpc) is 3.58. The number of thiazole rings is 1. The Hall–Kier alpha value is -3.90. The van der Waals surface area contributed by atoms with Crippen molar-refractivity contribution >= 4 is 22.8 Å². The Bertz CT molecular complexity index is 1380. The van der Waals surface area contributed by atoms with Crippen molar-refractivity contribution in [1.29, 1.82) is 0 Å². The maximum atomic E-state index is 14.2. The predicted octanol–water partition coefficient (Wildman–Crippen LogP) is 6.94. The molecule has 1 saturated carbocycles. The Morgan fingerprint density at radius 2 is 1.89 bits per heavy atom. The van der Waals surface area contributed by atoms with Crippen molar-refractivity contribution in [2.75, 3.05) is 5.73 Å². The van der Waals surface area contributed by atoms with E-state index in [4.69, 9.17) is 21.8 Å². The molecule has 0 amide bonds. The third-order valence-electron chi connectivity index (χ3n) is 5.99. The van der Waals surface area contributed by atoms with E-state index in [2.05, 4.69) is 14.9 Å². The summed E-state index contributed by atoms with van der Waals surface area (Å²) < 4.78 is 27.4. The molecule has 2 heterocycles. The molecule has 2 N–H and O–H groups in total. The standard InChI is InChI=1S/C26H24FN5O2S/c1-16-30-14-23(35-16)15-33-21-11-18(27)12-22(13-21)34-20-9-7-19(8-10-20)32-26(29-2)24(28)25(31-32)17-5-3-4-6-17/h7-14,17H,3-6,15,28H2,1H3. The highest BCUT2D eigenvalue weighted by Gasteiger charge is 2.27. The molecular formula is C26H24FN5O2S. The Morgan fingerprint density at radius 3 is 2.57 bits per heavy atom. The summed E-state index contributed by atoms with van der Waals surface area (Å²) in [5, 5.41) is 5.63. The Morgan fingerprint density at radius 1 is 1.14 bits per heavy atom. The lowest BCUT2D eigenvalue weighted by molar-refractivity contribution is 0.306. The van der Waals surface area contributed by atoms with Crippen LogP contribution in [0.2, 0.25) is 0 Å². The molecule has 0 radical (unpaired) electrons. The van der Waals surface area contributed by atoms with E-state index >= 15 is 0 Å². The van der Waals surface area contributed by atoms with Crippen molar-refractivity contribution in [1.82, 2.24) is 14.8 Å². The van der Waals surface area contributed by atoms with E-state index in [9.17, 15) is 4.39 Å². The molecule has 4 aromatic rings. The maximum absolute atomic E-state index is 14.2. The number of aromatic nitrogens is 3. The van der Waals surface area contributed by atoms with E-state index in [1.807, 2.05) is 6.92 Å². The zero-order chi connectivity index (χ0) is 24.4. The third-order valence-corrected chi connectivity index (χ3v) is 6.87. The van der Waals surface area contributed by atoms with E-state index in [1.165, 1.54) is 23.5 Å². The molecule has 2 aromatic carbocycles. The minimum absolute atomic E-state index is 0.308. The van der Waals surface area contributed by atoms with Gasteiger partial charge >= 0.3 is 0 Å². The van der Waals surface area contributed by atoms with Gasteiger partial charge in [0.15, 0.2) is 0 Å². The fourth-order valence-corrected chi connectivity index (χ4v) is 5.03. The monoisotopic (exact) mass is 489 g/mol. The van der Waals surface area contributed by atoms with Crippen molar-refractivity contribution < 1.29 is 13.9 Å². The van der Waals surface area contributed by atoms with Crippen LogP contribution >= 0.6 is 11.3 Å². The van der Waals surface area contributed by atoms with E-state index in [-0.39, 0.29) is 0 Å². The fourth-order valence-electron chi connectivity index (χ4n) is 4.32. The summed E-state index contributed by atoms with van der Waals surface area (Å²) >= 11 is 1.53. The lowest BCUT2D eigenvalue weighted by Gasteiger charge is -2.10. The molecule has 1 fully saturated rings. The van der Waals surface area contributed by atoms with Gasteiger partial charge in [-0.2, -0.15) is 4.68 Å². The molecule has 178 valence electrons. The summed E-state index contributed by atoms with van der Waals surface area (Å²) in [5.41, 5.74) is 8.27. The van der Waals surface area contributed by atoms with Gasteiger partial charge < -0.3 is 20.1 Å². The van der Waals surface area contributed by atoms with Crippen molar-refractivity contribution in [2.24, 2.45) is 0 Å². The van der Waals surface area contributed by atoms with Crippen molar-refractivity contribution in [3.05, 3.63) is 81.5 Å². The highest BCUT2D eigenvalue weighted by molar-refractivity contribution is 7.11. The first kappa shape index (κ1) is 22.9. The lowest BCUT2D eigenvalue weighted by atomic mass is 10.0. The number of nitrogen functional groups attached to an aromatic ring is 1. The van der Waals surface area contributed by atoms with Gasteiger partial charge in [0, 0.05) is 30.3 Å². The van der Waals surface area contributed by atoms with Gasteiger partial charge in [0.1, 0.15) is 35.4 Å². The Kier molecular flexibility index (Phi) is 6.38. The van der Waals surface area contributed by atoms with Crippen LogP contribution in [0.15, 0.2) is 48.7 Å². The third kappa shape index (κ3) is 4.98. The van der Waals surface area contributed by atoms with Crippen LogP contribution in [0.25, 0.3) is 10.5 Å². The Labute approximate surface area is 206 Å². The van der Waals surface area contributed by atoms with Crippen LogP contribution in [-0.4, -0.2) is 14.8 Å². The molecule has 9 heteroatoms. The van der Waals surface area contributed by atoms with Gasteiger partial charge in [0.25, 0.3) is 5.82 Å². The summed E-state index contributed by atoms with van der Waals surface area (Å²) in [5.74, 6) is 1.39. The van der Waals surface area contributed by atoms with Crippen LogP contribution < -0.4 is 15.2 Å². The molecule has 1 aliphatic carbocycles. The predicted molar refractivity (Wildman–Crippen MR) is 133 cm³/mol. The van der Waals surface area contributed by atoms with Crippen LogP contribution in [0.1, 0.15) is 47.2 Å². The van der Waals surface area contributed by atoms with E-state index < -0.39 is 5.82 Å². The minimum Gasteiger partial charge on any atom is -0.488 e. The number of nitrogens with two attached hydrogens (primary N) is 1. The molecule has 2 aromatic heterocycles. The second kappa shape index (κ2) is 9.76. The lowest BCUT2D eigenvalue weighted by Crippen LogP contribution is -2.00. The van der Waals surface area contributed by atoms with Gasteiger partial charge in [-0.05, 0) is 44.0 Å². The number of nitrogens with zero attached hydrogens (tertiary/aromatic N) is 4. The van der Waals surface area contributed by atoms with Crippen LogP contribution in [0.3, 0.4) is 0 Å². The van der Waals surface area contributed by atoms with Crippen LogP contribution in [0, 0.1) is 19.3 Å². The topological polar surface area (TPSA) is 79.5 Å². The van der Waals surface area contributed by atoms with Gasteiger partial charge in [-0.1, -0.05) is 24.5 Å². The first-order valence-corrected chi connectivity index (χ1v) is 12.2. The number of halogens is 1. The summed E-state index contributed by atoms with van der Waals surface area (Å²) in [4.78, 5) is 8.78. The zero-order valence-corrected chi connectivity index (χ0v) is 20.0. The molecule has 0 aliphatic heterocycles. The highest BCUT2D eigenvalue weighted by Crippen LogP contribution is 2.40. The van der Waals surface area contributed by atoms with Crippen LogP contribution in [0.5, 0.6) is 17.2 Å². The van der Waals surface area contributed by atoms with Crippen molar-refractivity contribution in [2.45, 2.75) is 45.1 Å². The average molecular weight is 490 g/mol. The van der Waals surface area contributed by atoms with Gasteiger partial charge in [0.05, 0.1) is 21.3 Å². The second-order valence-corrected chi connectivity index (χ2v) is 9.80. The number of hydrogen-bond donors (Lipinski definition) is 1. The molecular weight excluding hydrogens is 465 g/mol. The molecule has 0 unspecified atom stereocenters. The molecule has 35 heavy (non-hydrogen) atoms. The van der Waals surface area contributed by atoms with Gasteiger partial charge in [-0.25, -0.2) is 9.37 Å². The van der Waals surface area contributed by atoms with E-state index in [0.29, 0.717) is 47.0 Å². The number of anilines is 1. The number of ether oxygens (including phenoxy) is 2. The first-order chi connectivity index (χ1) is 17.0. The number of benzene rings is 2. The van der Waals surface area contributed by atoms with Crippen molar-refractivity contribution in [3.63, 3.8) is 0 Å². The quantitative estimate of drug-likeness (QED) is 0.285. The molecule has 0 bridgehead atoms. The zero-order valence-electron chi connectivity index (χ0n) is 19.2. The maximum Gasteiger partial charge on any atom is 0.280 e. The molecule has 0 saturated heterocycles. The van der Waals surface area contributed by atoms with Gasteiger partial charge in [-0.15, -0.1) is 11.3 Å². The number of aryl methyl sites for hydroxylation is 1. The largest absolute Gasteiger partial charge is 0.488 e. The smallest absolute Gasteiger partial charge is 0.280 e. The van der Waals surface area contributed by atoms with Gasteiger partial charge in [-0.3, -0.25) is 0 Å². The van der Waals surface area contributed by atoms with E-state index in [1.54, 1.807) is 41.2 Å². The Balaban J connectivity index is 1.32. The number of rotatable bonds is 7. The number of hydrogen-bond acceptors (Lipinski definition) is 6. The fraction of sp³-hybridized carbons (Fsp3) is 0.269. The second-order valence-electron chi connectivity index (χ2n) is 8.48. The van der Waals surface area contributed by atoms with E-state index in [0.717, 1.165) is 41.3 Å². The SMILES string of the molecule is [C-]#[N+]c1c(N)c(C2CCCC2)nn1-c1ccc(Oc2cc(F)cc(OCc3cnc(C)s3)c2)cc1. The molecule has 0 spiro atoms. The van der Waals surface area contributed by atoms with Crippen molar-refractivity contribution in [3.8, 4) is 22.9 Å². The molecule has 0 atom stereocenters. The highest BCUT2D eigenvalue weighted by atomic mass is 32.1. The van der Waals surface area contributed by atoms with Gasteiger partial charge in [0.2, 0.25) is 0 Å². The molecule has 7 nitrogen and oxygen atoms in total. The minimum atomic E-state index is -0.456. The molecule has 1 aliphatic rings. The normalized spacial score (nSPS) is 13.6. The summed E-state index contributed by atoms with van der Waals surface area (Å²) in [6.07, 6.45) is 6.17. The van der Waals surface area contributed by atoms with Crippen LogP contribution in [0.4, 0.5) is 15.9 Å². The first-order valence-electron chi connectivity index (χ1n) is 11.4. The summed E-state index contributed by atoms with van der Waals surface area (Å²) in [6.45, 7) is 9.82. The van der Waals surface area contributed by atoms with Crippen LogP contribution in [-0.2, 0) is 6.61 Å². The molecule has 5 rings (SSSR count). The summed E-state index contributed by atoms with van der Waals surface area (Å²) in [6, 6.07) is 11.4. The summed E-state index contributed by atoms with van der Waals surface area (Å²) in [7, 11) is 0.